The summed E-state index contributed by atoms with van der Waals surface area (Å²) < 4.78 is 10.2. The van der Waals surface area contributed by atoms with Crippen LogP contribution < -0.4 is 9.47 Å². The number of ketones is 2. The molecule has 0 bridgehead atoms. The maximum absolute atomic E-state index is 11.6. The number of hydrogen-bond donors (Lipinski definition) is 0. The summed E-state index contributed by atoms with van der Waals surface area (Å²) in [5, 5.41) is 0. The molecule has 0 atom stereocenters. The third-order valence-electron chi connectivity index (χ3n) is 3.14. The molecule has 1 aromatic heterocycles. The zero-order valence-corrected chi connectivity index (χ0v) is 10.4. The fraction of sp³-hybridized carbons (Fsp3) is 0.462. The first kappa shape index (κ1) is 12.5. The van der Waals surface area contributed by atoms with Crippen LogP contribution in [0.25, 0.3) is 0 Å². The number of Topliss-reactive ketones (excluding diaryl/α,β-unsaturated/α-hetero) is 2. The van der Waals surface area contributed by atoms with Gasteiger partial charge in [0, 0.05) is 24.5 Å². The quantitative estimate of drug-likeness (QED) is 0.750. The van der Waals surface area contributed by atoms with Gasteiger partial charge in [-0.05, 0) is 12.5 Å². The van der Waals surface area contributed by atoms with Gasteiger partial charge in [-0.15, -0.1) is 0 Å². The van der Waals surface area contributed by atoms with Crippen LogP contribution in [0.3, 0.4) is 0 Å². The zero-order chi connectivity index (χ0) is 13.1. The van der Waals surface area contributed by atoms with Crippen molar-refractivity contribution in [1.82, 2.24) is 4.98 Å². The van der Waals surface area contributed by atoms with Gasteiger partial charge >= 0.3 is 0 Å². The van der Waals surface area contributed by atoms with Crippen molar-refractivity contribution < 1.29 is 19.1 Å². The maximum atomic E-state index is 11.6. The molecule has 0 radical (unpaired) electrons. The van der Waals surface area contributed by atoms with E-state index in [0.717, 1.165) is 5.56 Å². The van der Waals surface area contributed by atoms with E-state index in [2.05, 4.69) is 4.98 Å². The van der Waals surface area contributed by atoms with Crippen molar-refractivity contribution in [1.29, 1.82) is 0 Å². The van der Waals surface area contributed by atoms with Crippen molar-refractivity contribution in [2.24, 2.45) is 5.92 Å². The molecule has 1 saturated carbocycles. The molecule has 0 spiro atoms. The molecule has 18 heavy (non-hydrogen) atoms. The summed E-state index contributed by atoms with van der Waals surface area (Å²) in [5.74, 6) is 0.339. The summed E-state index contributed by atoms with van der Waals surface area (Å²) in [6.07, 6.45) is 1.07. The van der Waals surface area contributed by atoms with Gasteiger partial charge < -0.3 is 9.47 Å². The minimum atomic E-state index is -0.533. The molecular weight excluding hydrogens is 234 g/mol. The van der Waals surface area contributed by atoms with Gasteiger partial charge in [0.1, 0.15) is 11.6 Å². The molecule has 0 saturated heterocycles. The van der Waals surface area contributed by atoms with Gasteiger partial charge in [-0.3, -0.25) is 9.59 Å². The highest BCUT2D eigenvalue weighted by Crippen LogP contribution is 2.27. The Balaban J connectivity index is 2.23. The molecule has 1 aromatic rings. The van der Waals surface area contributed by atoms with Crippen LogP contribution in [0.15, 0.2) is 12.1 Å². The molecule has 5 heteroatoms. The molecule has 1 fully saturated rings. The van der Waals surface area contributed by atoms with Crippen LogP contribution in [0.1, 0.15) is 18.4 Å². The molecule has 1 heterocycles. The molecular formula is C13H15NO4. The van der Waals surface area contributed by atoms with E-state index in [1.54, 1.807) is 12.1 Å². The lowest BCUT2D eigenvalue weighted by Gasteiger charge is -2.11. The predicted molar refractivity (Wildman–Crippen MR) is 63.8 cm³/mol. The van der Waals surface area contributed by atoms with Gasteiger partial charge in [0.15, 0.2) is 0 Å². The van der Waals surface area contributed by atoms with Crippen molar-refractivity contribution in [3.63, 3.8) is 0 Å². The molecule has 2 rings (SSSR count). The Morgan fingerprint density at radius 1 is 1.17 bits per heavy atom. The molecule has 0 aliphatic heterocycles. The Bertz CT molecular complexity index is 468. The van der Waals surface area contributed by atoms with Crippen LogP contribution in [0.5, 0.6) is 11.8 Å². The third kappa shape index (κ3) is 2.34. The molecule has 0 aromatic carbocycles. The highest BCUT2D eigenvalue weighted by molar-refractivity contribution is 6.08. The summed E-state index contributed by atoms with van der Waals surface area (Å²) in [6.45, 7) is 0. The summed E-state index contributed by atoms with van der Waals surface area (Å²) in [6, 6.07) is 3.48. The van der Waals surface area contributed by atoms with E-state index in [0.29, 0.717) is 31.0 Å². The molecule has 0 unspecified atom stereocenters. The van der Waals surface area contributed by atoms with Gasteiger partial charge in [0.05, 0.1) is 20.1 Å². The summed E-state index contributed by atoms with van der Waals surface area (Å²) >= 11 is 0. The van der Waals surface area contributed by atoms with Crippen LogP contribution in [0, 0.1) is 5.92 Å². The largest absolute Gasteiger partial charge is 0.481 e. The van der Waals surface area contributed by atoms with Crippen LogP contribution in [0.2, 0.25) is 0 Å². The Hall–Kier alpha value is -1.91. The number of rotatable bonds is 4. The lowest BCUT2D eigenvalue weighted by Crippen LogP contribution is -2.17. The lowest BCUT2D eigenvalue weighted by molar-refractivity contribution is -0.127. The second kappa shape index (κ2) is 5.16. The van der Waals surface area contributed by atoms with E-state index >= 15 is 0 Å². The lowest BCUT2D eigenvalue weighted by atomic mass is 9.97. The van der Waals surface area contributed by atoms with Crippen molar-refractivity contribution >= 4 is 11.6 Å². The van der Waals surface area contributed by atoms with Crippen molar-refractivity contribution in [2.45, 2.75) is 19.3 Å². The Morgan fingerprint density at radius 2 is 1.83 bits per heavy atom. The van der Waals surface area contributed by atoms with Crippen LogP contribution >= 0.6 is 0 Å². The fourth-order valence-electron chi connectivity index (χ4n) is 2.12. The molecule has 1 aliphatic carbocycles. The molecule has 0 amide bonds. The van der Waals surface area contributed by atoms with Crippen molar-refractivity contribution in [2.75, 3.05) is 14.2 Å². The average Bonchev–Trinajstić information content (AvgIpc) is 2.71. The molecule has 5 nitrogen and oxygen atoms in total. The number of methoxy groups -OCH3 is 2. The Labute approximate surface area is 105 Å². The summed E-state index contributed by atoms with van der Waals surface area (Å²) in [4.78, 5) is 27.3. The molecule has 96 valence electrons. The second-order valence-corrected chi connectivity index (χ2v) is 4.21. The van der Waals surface area contributed by atoms with Gasteiger partial charge in [0.2, 0.25) is 11.8 Å². The van der Waals surface area contributed by atoms with Crippen LogP contribution in [-0.4, -0.2) is 30.8 Å². The third-order valence-corrected chi connectivity index (χ3v) is 3.14. The highest BCUT2D eigenvalue weighted by Gasteiger charge is 2.33. The first-order chi connectivity index (χ1) is 8.65. The number of hydrogen-bond acceptors (Lipinski definition) is 5. The van der Waals surface area contributed by atoms with E-state index in [1.807, 2.05) is 0 Å². The molecule has 0 N–H and O–H groups in total. The smallest absolute Gasteiger partial charge is 0.219 e. The Kier molecular flexibility index (Phi) is 3.60. The monoisotopic (exact) mass is 249 g/mol. The second-order valence-electron chi connectivity index (χ2n) is 4.21. The van der Waals surface area contributed by atoms with Crippen molar-refractivity contribution in [3.05, 3.63) is 17.7 Å². The van der Waals surface area contributed by atoms with Gasteiger partial charge in [-0.25, -0.2) is 0 Å². The van der Waals surface area contributed by atoms with E-state index in [1.165, 1.54) is 14.2 Å². The van der Waals surface area contributed by atoms with E-state index < -0.39 is 5.92 Å². The maximum Gasteiger partial charge on any atom is 0.219 e. The normalized spacial score (nSPS) is 16.1. The molecule has 1 aliphatic rings. The number of pyridine rings is 1. The van der Waals surface area contributed by atoms with Crippen molar-refractivity contribution in [3.8, 4) is 11.8 Å². The van der Waals surface area contributed by atoms with E-state index in [9.17, 15) is 9.59 Å². The topological polar surface area (TPSA) is 65.5 Å². The number of carbonyl (C=O) groups is 2. The number of nitrogens with zero attached hydrogens (tertiary/aromatic N) is 1. The summed E-state index contributed by atoms with van der Waals surface area (Å²) in [5.41, 5.74) is 0.756. The first-order valence-corrected chi connectivity index (χ1v) is 5.79. The fourth-order valence-corrected chi connectivity index (χ4v) is 2.12. The predicted octanol–water partition coefficient (Wildman–Crippen LogP) is 1.19. The number of ether oxygens (including phenoxy) is 2. The minimum absolute atomic E-state index is 0.0119. The average molecular weight is 249 g/mol. The zero-order valence-electron chi connectivity index (χ0n) is 10.4. The van der Waals surface area contributed by atoms with E-state index in [-0.39, 0.29) is 11.6 Å². The van der Waals surface area contributed by atoms with Gasteiger partial charge in [-0.2, -0.15) is 4.98 Å². The number of carbonyl (C=O) groups excluding carboxylic acids is 2. The standard InChI is InChI=1S/C13H15NO4/c1-17-12-6-3-8(13(14-12)18-2)7-9-10(15)4-5-11(9)16/h3,6,9H,4-5,7H2,1-2H3. The Morgan fingerprint density at radius 3 is 2.39 bits per heavy atom. The SMILES string of the molecule is COc1ccc(CC2C(=O)CCC2=O)c(OC)n1. The minimum Gasteiger partial charge on any atom is -0.481 e. The number of aromatic nitrogens is 1. The van der Waals surface area contributed by atoms with Crippen LogP contribution in [0.4, 0.5) is 0 Å². The highest BCUT2D eigenvalue weighted by atomic mass is 16.5. The van der Waals surface area contributed by atoms with Gasteiger partial charge in [0.25, 0.3) is 0 Å². The van der Waals surface area contributed by atoms with Crippen LogP contribution in [-0.2, 0) is 16.0 Å². The summed E-state index contributed by atoms with van der Waals surface area (Å²) in [7, 11) is 3.02. The van der Waals surface area contributed by atoms with E-state index in [4.69, 9.17) is 9.47 Å². The first-order valence-electron chi connectivity index (χ1n) is 5.79. The van der Waals surface area contributed by atoms with Gasteiger partial charge in [-0.1, -0.05) is 0 Å².